The smallest absolute Gasteiger partial charge is 0.326 e. The van der Waals surface area contributed by atoms with Crippen molar-refractivity contribution in [2.24, 2.45) is 0 Å². The molecule has 0 aliphatic rings. The van der Waals surface area contributed by atoms with Crippen LogP contribution in [0.4, 0.5) is 8.78 Å². The van der Waals surface area contributed by atoms with Gasteiger partial charge in [-0.2, -0.15) is 0 Å². The molecule has 0 saturated carbocycles. The Morgan fingerprint density at radius 3 is 2.38 bits per heavy atom. The van der Waals surface area contributed by atoms with E-state index < -0.39 is 30.8 Å². The highest BCUT2D eigenvalue weighted by atomic mass is 32.2. The first-order chi connectivity index (χ1) is 9.77. The zero-order valence-corrected chi connectivity index (χ0v) is 12.3. The summed E-state index contributed by atoms with van der Waals surface area (Å²) in [7, 11) is 0. The highest BCUT2D eigenvalue weighted by Gasteiger charge is 2.24. The number of hydrogen-bond donors (Lipinski definition) is 2. The quantitative estimate of drug-likeness (QED) is 0.583. The summed E-state index contributed by atoms with van der Waals surface area (Å²) in [5, 5.41) is 11.2. The molecular formula is C12H15F2N3O3S. The minimum Gasteiger partial charge on any atom is -0.480 e. The molecule has 1 unspecified atom stereocenters. The van der Waals surface area contributed by atoms with Crippen molar-refractivity contribution in [1.29, 1.82) is 0 Å². The van der Waals surface area contributed by atoms with Crippen molar-refractivity contribution in [3.63, 3.8) is 0 Å². The number of carbonyl (C=O) groups excluding carboxylic acids is 1. The first-order valence-corrected chi connectivity index (χ1v) is 7.02. The molecule has 0 radical (unpaired) electrons. The Kier molecular flexibility index (Phi) is 6.47. The van der Waals surface area contributed by atoms with Crippen molar-refractivity contribution in [2.75, 3.05) is 5.75 Å². The third kappa shape index (κ3) is 6.48. The van der Waals surface area contributed by atoms with E-state index in [-0.39, 0.29) is 5.75 Å². The number of nitrogens with zero attached hydrogens (tertiary/aromatic N) is 2. The Morgan fingerprint density at radius 2 is 1.90 bits per heavy atom. The van der Waals surface area contributed by atoms with Crippen molar-refractivity contribution in [3.05, 3.63) is 17.5 Å². The van der Waals surface area contributed by atoms with Gasteiger partial charge in [0.05, 0.1) is 5.75 Å². The van der Waals surface area contributed by atoms with E-state index in [1.54, 1.807) is 19.9 Å². The number of alkyl halides is 2. The number of rotatable bonds is 7. The van der Waals surface area contributed by atoms with Gasteiger partial charge in [0, 0.05) is 17.8 Å². The van der Waals surface area contributed by atoms with Crippen LogP contribution in [0, 0.1) is 13.8 Å². The van der Waals surface area contributed by atoms with Gasteiger partial charge in [0.2, 0.25) is 12.3 Å². The highest BCUT2D eigenvalue weighted by Crippen LogP contribution is 2.14. The summed E-state index contributed by atoms with van der Waals surface area (Å²) in [6, 6.07) is 0.172. The minimum absolute atomic E-state index is 0.143. The van der Waals surface area contributed by atoms with Gasteiger partial charge in [-0.3, -0.25) is 4.79 Å². The van der Waals surface area contributed by atoms with Crippen LogP contribution in [-0.4, -0.2) is 45.2 Å². The molecule has 21 heavy (non-hydrogen) atoms. The van der Waals surface area contributed by atoms with Crippen molar-refractivity contribution < 1.29 is 23.5 Å². The number of halogens is 2. The fourth-order valence-corrected chi connectivity index (χ4v) is 2.28. The first-order valence-electron chi connectivity index (χ1n) is 6.03. The van der Waals surface area contributed by atoms with Crippen molar-refractivity contribution in [1.82, 2.24) is 15.3 Å². The summed E-state index contributed by atoms with van der Waals surface area (Å²) in [6.07, 6.45) is -3.73. The molecule has 1 aromatic rings. The van der Waals surface area contributed by atoms with Gasteiger partial charge >= 0.3 is 5.97 Å². The molecule has 0 saturated heterocycles. The van der Waals surface area contributed by atoms with E-state index in [9.17, 15) is 18.4 Å². The monoisotopic (exact) mass is 319 g/mol. The molecule has 0 spiro atoms. The predicted octanol–water partition coefficient (Wildman–Crippen LogP) is 1.41. The molecule has 2 N–H and O–H groups in total. The number of hydrogen-bond acceptors (Lipinski definition) is 5. The number of aryl methyl sites for hydroxylation is 2. The van der Waals surface area contributed by atoms with Gasteiger partial charge in [0.1, 0.15) is 6.04 Å². The van der Waals surface area contributed by atoms with Crippen LogP contribution in [0.1, 0.15) is 17.8 Å². The van der Waals surface area contributed by atoms with E-state index in [0.717, 1.165) is 23.1 Å². The molecule has 6 nitrogen and oxygen atoms in total. The molecule has 0 aromatic carbocycles. The second-order valence-electron chi connectivity index (χ2n) is 4.31. The number of amides is 1. The summed E-state index contributed by atoms with van der Waals surface area (Å²) < 4.78 is 24.4. The predicted molar refractivity (Wildman–Crippen MR) is 72.4 cm³/mol. The normalized spacial score (nSPS) is 12.2. The molecule has 1 amide bonds. The van der Waals surface area contributed by atoms with Crippen LogP contribution in [0.3, 0.4) is 0 Å². The largest absolute Gasteiger partial charge is 0.480 e. The van der Waals surface area contributed by atoms with Gasteiger partial charge < -0.3 is 10.4 Å². The Balaban J connectivity index is 2.54. The molecule has 116 valence electrons. The Hall–Kier alpha value is -1.77. The average Bonchev–Trinajstić information content (AvgIpc) is 2.33. The van der Waals surface area contributed by atoms with Crippen LogP contribution in [0.25, 0.3) is 0 Å². The summed E-state index contributed by atoms with van der Waals surface area (Å²) in [5.74, 6) is -2.29. The molecule has 1 aromatic heterocycles. The molecule has 0 fully saturated rings. The van der Waals surface area contributed by atoms with Crippen molar-refractivity contribution >= 4 is 23.6 Å². The van der Waals surface area contributed by atoms with Crippen LogP contribution in [0.15, 0.2) is 11.2 Å². The van der Waals surface area contributed by atoms with Crippen molar-refractivity contribution in [2.45, 2.75) is 37.9 Å². The molecule has 0 bridgehead atoms. The Bertz CT molecular complexity index is 508. The van der Waals surface area contributed by atoms with Gasteiger partial charge in [-0.05, 0) is 19.9 Å². The first kappa shape index (κ1) is 17.3. The van der Waals surface area contributed by atoms with Crippen LogP contribution in [0.5, 0.6) is 0 Å². The van der Waals surface area contributed by atoms with E-state index in [0.29, 0.717) is 5.16 Å². The lowest BCUT2D eigenvalue weighted by atomic mass is 10.2. The van der Waals surface area contributed by atoms with Crippen LogP contribution >= 0.6 is 11.8 Å². The van der Waals surface area contributed by atoms with Crippen LogP contribution < -0.4 is 5.32 Å². The third-order valence-electron chi connectivity index (χ3n) is 2.34. The third-order valence-corrected chi connectivity index (χ3v) is 3.19. The second kappa shape index (κ2) is 7.87. The number of carboxylic acid groups (broad SMARTS) is 1. The number of aliphatic carboxylic acids is 1. The number of carboxylic acids is 1. The summed E-state index contributed by atoms with van der Waals surface area (Å²) in [5.41, 5.74) is 1.48. The maximum absolute atomic E-state index is 12.2. The zero-order valence-electron chi connectivity index (χ0n) is 11.5. The van der Waals surface area contributed by atoms with E-state index in [1.165, 1.54) is 0 Å². The number of nitrogens with one attached hydrogen (secondary N) is 1. The van der Waals surface area contributed by atoms with Gasteiger partial charge in [-0.1, -0.05) is 11.8 Å². The van der Waals surface area contributed by atoms with Gasteiger partial charge in [0.15, 0.2) is 5.16 Å². The molecule has 1 atom stereocenters. The Morgan fingerprint density at radius 1 is 1.33 bits per heavy atom. The molecule has 0 aliphatic carbocycles. The number of carbonyl (C=O) groups is 2. The molecule has 9 heteroatoms. The topological polar surface area (TPSA) is 92.2 Å². The van der Waals surface area contributed by atoms with Gasteiger partial charge in [-0.15, -0.1) is 0 Å². The standard InChI is InChI=1S/C12H15F2N3O3S/c1-6-3-7(2)16-12(15-6)21-5-10(18)17-8(11(19)20)4-9(13)14/h3,8-9H,4-5H2,1-2H3,(H,17,18)(H,19,20). The maximum atomic E-state index is 12.2. The summed E-state index contributed by atoms with van der Waals surface area (Å²) in [6.45, 7) is 3.56. The highest BCUT2D eigenvalue weighted by molar-refractivity contribution is 7.99. The lowest BCUT2D eigenvalue weighted by Crippen LogP contribution is -2.42. The molecule has 1 heterocycles. The number of thioether (sulfide) groups is 1. The average molecular weight is 319 g/mol. The Labute approximate surface area is 124 Å². The van der Waals surface area contributed by atoms with Crippen LogP contribution in [-0.2, 0) is 9.59 Å². The minimum atomic E-state index is -2.80. The van der Waals surface area contributed by atoms with Crippen molar-refractivity contribution in [3.8, 4) is 0 Å². The lowest BCUT2D eigenvalue weighted by molar-refractivity contribution is -0.142. The maximum Gasteiger partial charge on any atom is 0.326 e. The van der Waals surface area contributed by atoms with E-state index in [2.05, 4.69) is 15.3 Å². The molecular weight excluding hydrogens is 304 g/mol. The van der Waals surface area contributed by atoms with Gasteiger partial charge in [0.25, 0.3) is 0 Å². The fourth-order valence-electron chi connectivity index (χ4n) is 1.52. The molecule has 0 aliphatic heterocycles. The second-order valence-corrected chi connectivity index (χ2v) is 5.25. The van der Waals surface area contributed by atoms with E-state index in [1.807, 2.05) is 0 Å². The SMILES string of the molecule is Cc1cc(C)nc(SCC(=O)NC(CC(F)F)C(=O)O)n1. The summed E-state index contributed by atoms with van der Waals surface area (Å²) in [4.78, 5) is 30.5. The van der Waals surface area contributed by atoms with Gasteiger partial charge in [-0.25, -0.2) is 23.5 Å². The molecule has 1 rings (SSSR count). The van der Waals surface area contributed by atoms with E-state index in [4.69, 9.17) is 5.11 Å². The van der Waals surface area contributed by atoms with E-state index >= 15 is 0 Å². The zero-order chi connectivity index (χ0) is 16.0. The summed E-state index contributed by atoms with van der Waals surface area (Å²) >= 11 is 1.01. The number of aromatic nitrogens is 2. The van der Waals surface area contributed by atoms with Crippen LogP contribution in [0.2, 0.25) is 0 Å². The lowest BCUT2D eigenvalue weighted by Gasteiger charge is -2.13. The fraction of sp³-hybridized carbons (Fsp3) is 0.500.